The normalized spacial score (nSPS) is 13.3. The summed E-state index contributed by atoms with van der Waals surface area (Å²) in [6, 6.07) is 0. The summed E-state index contributed by atoms with van der Waals surface area (Å²) in [5.74, 6) is 0.504. The van der Waals surface area contributed by atoms with Gasteiger partial charge in [-0.25, -0.2) is 0 Å². The van der Waals surface area contributed by atoms with Gasteiger partial charge in [0.1, 0.15) is 0 Å². The molecular weight excluding hydrogens is 146 g/mol. The van der Waals surface area contributed by atoms with Crippen LogP contribution in [-0.2, 0) is 4.79 Å². The Balaban J connectivity index is 3.44. The maximum atomic E-state index is 10.9. The topological polar surface area (TPSA) is 29.1 Å². The first-order valence-electron chi connectivity index (χ1n) is 3.49. The smallest absolute Gasteiger partial charge is 0.221 e. The average Bonchev–Trinajstić information content (AvgIpc) is 1.58. The lowest BCUT2D eigenvalue weighted by Crippen LogP contribution is -2.29. The van der Waals surface area contributed by atoms with Crippen molar-refractivity contribution in [3.05, 3.63) is 0 Å². The Morgan fingerprint density at radius 3 is 2.30 bits per heavy atom. The highest BCUT2D eigenvalue weighted by molar-refractivity contribution is 7.80. The minimum atomic E-state index is -0.0359. The second-order valence-corrected chi connectivity index (χ2v) is 3.62. The third-order valence-electron chi connectivity index (χ3n) is 0.964. The molecule has 10 heavy (non-hydrogen) atoms. The van der Waals surface area contributed by atoms with Crippen LogP contribution in [-0.4, -0.2) is 11.3 Å². The molecule has 60 valence electrons. The van der Waals surface area contributed by atoms with Gasteiger partial charge in [-0.3, -0.25) is 4.79 Å². The summed E-state index contributed by atoms with van der Waals surface area (Å²) in [5.41, 5.74) is 0. The molecule has 0 fully saturated rings. The molecule has 0 aliphatic heterocycles. The summed E-state index contributed by atoms with van der Waals surface area (Å²) in [4.78, 5) is 10.9. The molecule has 0 heterocycles. The first-order valence-corrected chi connectivity index (χ1v) is 4.01. The van der Waals surface area contributed by atoms with Crippen LogP contribution in [0.15, 0.2) is 0 Å². The SMILES string of the molecule is CC(C)CC(=O)NC(C)S. The molecule has 1 N–H and O–H groups in total. The van der Waals surface area contributed by atoms with Gasteiger partial charge in [0, 0.05) is 6.42 Å². The fourth-order valence-corrected chi connectivity index (χ4v) is 0.807. The zero-order chi connectivity index (χ0) is 8.15. The number of hydrogen-bond acceptors (Lipinski definition) is 2. The number of thiol groups is 1. The van der Waals surface area contributed by atoms with Gasteiger partial charge in [0.25, 0.3) is 0 Å². The van der Waals surface area contributed by atoms with E-state index in [0.717, 1.165) is 0 Å². The zero-order valence-electron chi connectivity index (χ0n) is 6.72. The monoisotopic (exact) mass is 161 g/mol. The van der Waals surface area contributed by atoms with Gasteiger partial charge < -0.3 is 5.32 Å². The van der Waals surface area contributed by atoms with Crippen molar-refractivity contribution in [2.75, 3.05) is 0 Å². The van der Waals surface area contributed by atoms with E-state index in [4.69, 9.17) is 0 Å². The van der Waals surface area contributed by atoms with Crippen LogP contribution in [0.3, 0.4) is 0 Å². The van der Waals surface area contributed by atoms with Crippen molar-refractivity contribution in [2.24, 2.45) is 5.92 Å². The van der Waals surface area contributed by atoms with E-state index in [1.807, 2.05) is 20.8 Å². The molecule has 2 nitrogen and oxygen atoms in total. The highest BCUT2D eigenvalue weighted by Gasteiger charge is 2.04. The standard InChI is InChI=1S/C7H15NOS/c1-5(2)4-7(9)8-6(3)10/h5-6,10H,4H2,1-3H3,(H,8,9). The number of nitrogens with one attached hydrogen (secondary N) is 1. The molecule has 0 saturated heterocycles. The minimum Gasteiger partial charge on any atom is -0.345 e. The summed E-state index contributed by atoms with van der Waals surface area (Å²) in [6.07, 6.45) is 0.588. The van der Waals surface area contributed by atoms with Gasteiger partial charge in [-0.2, -0.15) is 12.6 Å². The van der Waals surface area contributed by atoms with Crippen LogP contribution >= 0.6 is 12.6 Å². The molecule has 0 aliphatic carbocycles. The Bertz CT molecular complexity index is 100. The maximum absolute atomic E-state index is 10.9. The summed E-state index contributed by atoms with van der Waals surface area (Å²) in [7, 11) is 0. The average molecular weight is 161 g/mol. The highest BCUT2D eigenvalue weighted by Crippen LogP contribution is 1.99. The molecule has 0 aromatic rings. The molecule has 0 aromatic carbocycles. The predicted octanol–water partition coefficient (Wildman–Crippen LogP) is 1.42. The molecule has 1 unspecified atom stereocenters. The number of rotatable bonds is 3. The second-order valence-electron chi connectivity index (χ2n) is 2.84. The molecule has 1 amide bonds. The van der Waals surface area contributed by atoms with Gasteiger partial charge in [0.15, 0.2) is 0 Å². The molecule has 0 rings (SSSR count). The lowest BCUT2D eigenvalue weighted by molar-refractivity contribution is -0.121. The lowest BCUT2D eigenvalue weighted by atomic mass is 10.1. The maximum Gasteiger partial charge on any atom is 0.221 e. The van der Waals surface area contributed by atoms with E-state index < -0.39 is 0 Å². The Hall–Kier alpha value is -0.180. The van der Waals surface area contributed by atoms with E-state index in [2.05, 4.69) is 17.9 Å². The van der Waals surface area contributed by atoms with Crippen molar-refractivity contribution in [1.29, 1.82) is 0 Å². The largest absolute Gasteiger partial charge is 0.345 e. The fraction of sp³-hybridized carbons (Fsp3) is 0.857. The van der Waals surface area contributed by atoms with Crippen molar-refractivity contribution in [3.63, 3.8) is 0 Å². The van der Waals surface area contributed by atoms with Crippen LogP contribution in [0.25, 0.3) is 0 Å². The van der Waals surface area contributed by atoms with Crippen molar-refractivity contribution < 1.29 is 4.79 Å². The van der Waals surface area contributed by atoms with Gasteiger partial charge in [-0.15, -0.1) is 0 Å². The summed E-state index contributed by atoms with van der Waals surface area (Å²) < 4.78 is 0. The molecular formula is C7H15NOS. The van der Waals surface area contributed by atoms with Gasteiger partial charge in [-0.05, 0) is 12.8 Å². The highest BCUT2D eigenvalue weighted by atomic mass is 32.1. The summed E-state index contributed by atoms with van der Waals surface area (Å²) in [6.45, 7) is 5.87. The van der Waals surface area contributed by atoms with E-state index in [-0.39, 0.29) is 11.3 Å². The van der Waals surface area contributed by atoms with E-state index in [1.165, 1.54) is 0 Å². The first-order chi connectivity index (χ1) is 4.52. The Morgan fingerprint density at radius 1 is 1.50 bits per heavy atom. The molecule has 0 spiro atoms. The Labute approximate surface area is 67.8 Å². The van der Waals surface area contributed by atoms with Gasteiger partial charge in [-0.1, -0.05) is 13.8 Å². The van der Waals surface area contributed by atoms with Crippen molar-refractivity contribution in [2.45, 2.75) is 32.6 Å². The van der Waals surface area contributed by atoms with E-state index in [1.54, 1.807) is 0 Å². The number of amides is 1. The van der Waals surface area contributed by atoms with Crippen LogP contribution in [0.2, 0.25) is 0 Å². The van der Waals surface area contributed by atoms with Gasteiger partial charge in [0.2, 0.25) is 5.91 Å². The van der Waals surface area contributed by atoms with Crippen LogP contribution in [0.5, 0.6) is 0 Å². The molecule has 0 aliphatic rings. The molecule has 1 atom stereocenters. The molecule has 0 radical (unpaired) electrons. The number of hydrogen-bond donors (Lipinski definition) is 2. The molecule has 0 saturated carbocycles. The van der Waals surface area contributed by atoms with E-state index in [0.29, 0.717) is 12.3 Å². The number of carbonyl (C=O) groups excluding carboxylic acids is 1. The molecule has 0 aromatic heterocycles. The lowest BCUT2D eigenvalue weighted by Gasteiger charge is -2.08. The number of carbonyl (C=O) groups is 1. The van der Waals surface area contributed by atoms with Crippen LogP contribution in [0.4, 0.5) is 0 Å². The fourth-order valence-electron chi connectivity index (χ4n) is 0.663. The van der Waals surface area contributed by atoms with Crippen LogP contribution in [0.1, 0.15) is 27.2 Å². The second kappa shape index (κ2) is 4.61. The molecule has 0 bridgehead atoms. The third-order valence-corrected chi connectivity index (χ3v) is 1.09. The first kappa shape index (κ1) is 9.82. The Morgan fingerprint density at radius 2 is 2.00 bits per heavy atom. The van der Waals surface area contributed by atoms with Crippen molar-refractivity contribution in [1.82, 2.24) is 5.32 Å². The quantitative estimate of drug-likeness (QED) is 0.476. The predicted molar refractivity (Wildman–Crippen MR) is 46.0 cm³/mol. The summed E-state index contributed by atoms with van der Waals surface area (Å²) >= 11 is 4.03. The van der Waals surface area contributed by atoms with Crippen molar-refractivity contribution in [3.8, 4) is 0 Å². The zero-order valence-corrected chi connectivity index (χ0v) is 7.61. The van der Waals surface area contributed by atoms with E-state index in [9.17, 15) is 4.79 Å². The van der Waals surface area contributed by atoms with Crippen LogP contribution in [0, 0.1) is 5.92 Å². The van der Waals surface area contributed by atoms with Crippen molar-refractivity contribution >= 4 is 18.5 Å². The molecule has 3 heteroatoms. The van der Waals surface area contributed by atoms with Gasteiger partial charge >= 0.3 is 0 Å². The Kier molecular flexibility index (Phi) is 4.52. The minimum absolute atomic E-state index is 0.0359. The van der Waals surface area contributed by atoms with Gasteiger partial charge in [0.05, 0.1) is 5.37 Å². The summed E-state index contributed by atoms with van der Waals surface area (Å²) in [5, 5.41) is 2.66. The van der Waals surface area contributed by atoms with E-state index >= 15 is 0 Å². The third kappa shape index (κ3) is 5.95. The van der Waals surface area contributed by atoms with Crippen LogP contribution < -0.4 is 5.32 Å².